The molecule has 0 saturated heterocycles. The Morgan fingerprint density at radius 3 is 1.50 bits per heavy atom. The van der Waals surface area contributed by atoms with Crippen molar-refractivity contribution in [2.45, 2.75) is 17.9 Å². The van der Waals surface area contributed by atoms with Gasteiger partial charge in [0.05, 0.1) is 4.90 Å². The van der Waals surface area contributed by atoms with E-state index in [9.17, 15) is 26.0 Å². The maximum absolute atomic E-state index is 13.7. The summed E-state index contributed by atoms with van der Waals surface area (Å²) in [6.07, 6.45) is -1.67. The van der Waals surface area contributed by atoms with Crippen molar-refractivity contribution in [3.05, 3.63) is 101 Å². The first-order valence-electron chi connectivity index (χ1n) is 8.06. The standard InChI is InChI=1S/C20H14F4O3S/c1-12-2-4-19(5-3-12)28(25,26)27-20(13-6-15(21)10-16(22)7-13)14-8-17(23)11-18(24)9-14/h2-11,20H,1H3. The number of rotatable bonds is 5. The molecule has 0 aromatic heterocycles. The van der Waals surface area contributed by atoms with E-state index in [1.54, 1.807) is 6.92 Å². The van der Waals surface area contributed by atoms with Gasteiger partial charge in [0, 0.05) is 12.1 Å². The third-order valence-corrected chi connectivity index (χ3v) is 5.20. The quantitative estimate of drug-likeness (QED) is 0.437. The summed E-state index contributed by atoms with van der Waals surface area (Å²) in [5.74, 6) is -3.97. The van der Waals surface area contributed by atoms with Gasteiger partial charge in [-0.05, 0) is 54.4 Å². The maximum atomic E-state index is 13.7. The zero-order valence-corrected chi connectivity index (χ0v) is 15.3. The van der Waals surface area contributed by atoms with E-state index in [0.717, 1.165) is 29.8 Å². The molecule has 3 aromatic rings. The molecule has 0 fully saturated rings. The van der Waals surface area contributed by atoms with Crippen molar-refractivity contribution in [3.8, 4) is 0 Å². The van der Waals surface area contributed by atoms with Crippen LogP contribution in [0.4, 0.5) is 17.6 Å². The Bertz CT molecular complexity index is 1020. The van der Waals surface area contributed by atoms with Crippen molar-refractivity contribution in [2.75, 3.05) is 0 Å². The fraction of sp³-hybridized carbons (Fsp3) is 0.100. The second kappa shape index (κ2) is 7.73. The minimum atomic E-state index is -4.41. The van der Waals surface area contributed by atoms with Crippen molar-refractivity contribution >= 4 is 10.1 Å². The number of benzene rings is 3. The highest BCUT2D eigenvalue weighted by Crippen LogP contribution is 2.32. The lowest BCUT2D eigenvalue weighted by molar-refractivity contribution is 0.251. The molecule has 0 radical (unpaired) electrons. The smallest absolute Gasteiger partial charge is 0.253 e. The van der Waals surface area contributed by atoms with Crippen LogP contribution >= 0.6 is 0 Å². The van der Waals surface area contributed by atoms with Gasteiger partial charge in [0.1, 0.15) is 29.4 Å². The van der Waals surface area contributed by atoms with Crippen LogP contribution in [-0.4, -0.2) is 8.42 Å². The second-order valence-electron chi connectivity index (χ2n) is 6.15. The molecule has 28 heavy (non-hydrogen) atoms. The molecular weight excluding hydrogens is 396 g/mol. The summed E-state index contributed by atoms with van der Waals surface area (Å²) in [6, 6.07) is 10.2. The Balaban J connectivity index is 2.11. The first kappa shape index (κ1) is 20.0. The Hall–Kier alpha value is -2.71. The average Bonchev–Trinajstić information content (AvgIpc) is 2.58. The fourth-order valence-electron chi connectivity index (χ4n) is 2.64. The minimum absolute atomic E-state index is 0.211. The summed E-state index contributed by atoms with van der Waals surface area (Å²) >= 11 is 0. The molecule has 0 unspecified atom stereocenters. The van der Waals surface area contributed by atoms with E-state index in [-0.39, 0.29) is 16.0 Å². The number of hydrogen-bond acceptors (Lipinski definition) is 3. The molecule has 0 aliphatic carbocycles. The van der Waals surface area contributed by atoms with Crippen LogP contribution in [0.3, 0.4) is 0 Å². The lowest BCUT2D eigenvalue weighted by Gasteiger charge is -2.19. The lowest BCUT2D eigenvalue weighted by atomic mass is 10.0. The van der Waals surface area contributed by atoms with Crippen LogP contribution in [0.1, 0.15) is 22.8 Å². The minimum Gasteiger partial charge on any atom is -0.253 e. The molecule has 0 amide bonds. The third kappa shape index (κ3) is 4.58. The van der Waals surface area contributed by atoms with E-state index in [4.69, 9.17) is 4.18 Å². The predicted octanol–water partition coefficient (Wildman–Crippen LogP) is 5.05. The molecule has 0 heterocycles. The van der Waals surface area contributed by atoms with E-state index in [1.807, 2.05) is 0 Å². The van der Waals surface area contributed by atoms with Gasteiger partial charge in [-0.2, -0.15) is 8.42 Å². The van der Waals surface area contributed by atoms with Gasteiger partial charge >= 0.3 is 0 Å². The van der Waals surface area contributed by atoms with Gasteiger partial charge < -0.3 is 0 Å². The average molecular weight is 410 g/mol. The van der Waals surface area contributed by atoms with Crippen LogP contribution < -0.4 is 0 Å². The van der Waals surface area contributed by atoms with Gasteiger partial charge in [0.25, 0.3) is 10.1 Å². The first-order valence-corrected chi connectivity index (χ1v) is 9.47. The second-order valence-corrected chi connectivity index (χ2v) is 7.72. The van der Waals surface area contributed by atoms with Crippen LogP contribution in [0.5, 0.6) is 0 Å². The molecule has 0 saturated carbocycles. The molecule has 0 N–H and O–H groups in total. The van der Waals surface area contributed by atoms with Crippen molar-refractivity contribution < 1.29 is 30.2 Å². The Morgan fingerprint density at radius 1 is 0.714 bits per heavy atom. The van der Waals surface area contributed by atoms with E-state index in [1.165, 1.54) is 24.3 Å². The van der Waals surface area contributed by atoms with Crippen LogP contribution in [0.15, 0.2) is 65.6 Å². The summed E-state index contributed by atoms with van der Waals surface area (Å²) in [5, 5.41) is 0. The highest BCUT2D eigenvalue weighted by Gasteiger charge is 2.26. The normalized spacial score (nSPS) is 11.8. The van der Waals surface area contributed by atoms with Gasteiger partial charge in [0.15, 0.2) is 0 Å². The van der Waals surface area contributed by atoms with Gasteiger partial charge in [0.2, 0.25) is 0 Å². The summed E-state index contributed by atoms with van der Waals surface area (Å²) < 4.78 is 85.1. The van der Waals surface area contributed by atoms with Crippen LogP contribution in [0.2, 0.25) is 0 Å². The molecule has 0 atom stereocenters. The highest BCUT2D eigenvalue weighted by atomic mass is 32.2. The van der Waals surface area contributed by atoms with Crippen molar-refractivity contribution in [3.63, 3.8) is 0 Å². The zero-order valence-electron chi connectivity index (χ0n) is 14.5. The molecule has 3 rings (SSSR count). The molecule has 0 bridgehead atoms. The van der Waals surface area contributed by atoms with E-state index in [0.29, 0.717) is 12.1 Å². The highest BCUT2D eigenvalue weighted by molar-refractivity contribution is 7.86. The molecule has 0 spiro atoms. The molecular formula is C20H14F4O3S. The fourth-order valence-corrected chi connectivity index (χ4v) is 3.70. The van der Waals surface area contributed by atoms with Crippen LogP contribution in [0, 0.1) is 30.2 Å². The van der Waals surface area contributed by atoms with Crippen molar-refractivity contribution in [1.82, 2.24) is 0 Å². The number of aryl methyl sites for hydroxylation is 1. The third-order valence-electron chi connectivity index (χ3n) is 3.91. The predicted molar refractivity (Wildman–Crippen MR) is 94.0 cm³/mol. The topological polar surface area (TPSA) is 43.4 Å². The van der Waals surface area contributed by atoms with Crippen molar-refractivity contribution in [2.24, 2.45) is 0 Å². The Kier molecular flexibility index (Phi) is 5.53. The summed E-state index contributed by atoms with van der Waals surface area (Å²) in [7, 11) is -4.41. The molecule has 0 aliphatic rings. The summed E-state index contributed by atoms with van der Waals surface area (Å²) in [4.78, 5) is -0.211. The number of hydrogen-bond donors (Lipinski definition) is 0. The van der Waals surface area contributed by atoms with Gasteiger partial charge in [-0.25, -0.2) is 17.6 Å². The molecule has 146 valence electrons. The molecule has 0 aliphatic heterocycles. The first-order chi connectivity index (χ1) is 13.1. The van der Waals surface area contributed by atoms with Crippen LogP contribution in [0.25, 0.3) is 0 Å². The van der Waals surface area contributed by atoms with Crippen LogP contribution in [-0.2, 0) is 14.3 Å². The molecule has 3 aromatic carbocycles. The lowest BCUT2D eigenvalue weighted by Crippen LogP contribution is -2.15. The SMILES string of the molecule is Cc1ccc(S(=O)(=O)OC(c2cc(F)cc(F)c2)c2cc(F)cc(F)c2)cc1. The maximum Gasteiger partial charge on any atom is 0.297 e. The number of halogens is 4. The van der Waals surface area contributed by atoms with E-state index in [2.05, 4.69) is 0 Å². The Morgan fingerprint density at radius 2 is 1.11 bits per heavy atom. The summed E-state index contributed by atoms with van der Waals surface area (Å²) in [5.41, 5.74) is 0.297. The van der Waals surface area contributed by atoms with Crippen molar-refractivity contribution in [1.29, 1.82) is 0 Å². The Labute approximate surface area is 159 Å². The van der Waals surface area contributed by atoms with Gasteiger partial charge in [-0.3, -0.25) is 4.18 Å². The molecule has 8 heteroatoms. The monoisotopic (exact) mass is 410 g/mol. The largest absolute Gasteiger partial charge is 0.297 e. The van der Waals surface area contributed by atoms with Gasteiger partial charge in [-0.15, -0.1) is 0 Å². The van der Waals surface area contributed by atoms with E-state index >= 15 is 0 Å². The van der Waals surface area contributed by atoms with E-state index < -0.39 is 39.5 Å². The summed E-state index contributed by atoms with van der Waals surface area (Å²) in [6.45, 7) is 1.76. The zero-order chi connectivity index (χ0) is 20.5. The molecule has 3 nitrogen and oxygen atoms in total. The van der Waals surface area contributed by atoms with Gasteiger partial charge in [-0.1, -0.05) is 17.7 Å².